The summed E-state index contributed by atoms with van der Waals surface area (Å²) in [7, 11) is 0. The number of nitrogens with zero attached hydrogens (tertiary/aromatic N) is 5. The van der Waals surface area contributed by atoms with Gasteiger partial charge in [0.2, 0.25) is 11.8 Å². The number of carbonyl (C=O) groups is 1. The lowest BCUT2D eigenvalue weighted by Gasteiger charge is -2.32. The maximum absolute atomic E-state index is 13.2. The van der Waals surface area contributed by atoms with Crippen LogP contribution in [0, 0.1) is 0 Å². The highest BCUT2D eigenvalue weighted by molar-refractivity contribution is 6.17. The van der Waals surface area contributed by atoms with Crippen LogP contribution in [-0.2, 0) is 20.4 Å². The van der Waals surface area contributed by atoms with Crippen LogP contribution in [0.15, 0.2) is 58.5 Å². The zero-order valence-electron chi connectivity index (χ0n) is 21.6. The number of fused-ring (bicyclic) bond motifs is 4. The Bertz CT molecular complexity index is 1410. The molecule has 2 fully saturated rings. The molecule has 6 rings (SSSR count). The first-order chi connectivity index (χ1) is 19.0. The van der Waals surface area contributed by atoms with Crippen LogP contribution < -0.4 is 15.4 Å². The molecule has 0 aliphatic carbocycles. The highest BCUT2D eigenvalue weighted by Gasteiger charge is 2.43. The van der Waals surface area contributed by atoms with Gasteiger partial charge < -0.3 is 29.7 Å². The Morgan fingerprint density at radius 2 is 2.10 bits per heavy atom. The second-order valence-corrected chi connectivity index (χ2v) is 10.2. The number of amidine groups is 2. The first-order valence-corrected chi connectivity index (χ1v) is 12.7. The van der Waals surface area contributed by atoms with Crippen molar-refractivity contribution < 1.29 is 32.2 Å². The lowest BCUT2D eigenvalue weighted by atomic mass is 10.1. The van der Waals surface area contributed by atoms with E-state index >= 15 is 0 Å². The average molecular weight is 558 g/mol. The van der Waals surface area contributed by atoms with Crippen molar-refractivity contribution in [3.63, 3.8) is 0 Å². The van der Waals surface area contributed by atoms with Gasteiger partial charge in [-0.05, 0) is 26.0 Å². The number of ether oxygens (including phenoxy) is 3. The molecule has 5 heterocycles. The summed E-state index contributed by atoms with van der Waals surface area (Å²) in [4.78, 5) is 32.5. The quantitative estimate of drug-likeness (QED) is 0.556. The second-order valence-electron chi connectivity index (χ2n) is 10.2. The standard InChI is InChI=1S/C26H26F3N7O4/c1-25(2)39-13-17(40-25)12-38-21-10-30-20(9-31-21)34-24(37)18-7-16-11-36(18)19-8-32-22(35-23(19)33-16)14-4-3-5-15(6-14)26(27,28)29/h3-6,8-10,16-18H,7,11-13H2,1-2H3,(H,30,34,37)(H,32,33,35)/t16-,17-,18?/m0/s1. The molecule has 4 aliphatic heterocycles. The fourth-order valence-electron chi connectivity index (χ4n) is 4.99. The van der Waals surface area contributed by atoms with Gasteiger partial charge in [-0.25, -0.2) is 15.0 Å². The van der Waals surface area contributed by atoms with E-state index in [1.165, 1.54) is 24.7 Å². The Morgan fingerprint density at radius 1 is 1.25 bits per heavy atom. The van der Waals surface area contributed by atoms with Crippen molar-refractivity contribution in [2.24, 2.45) is 9.98 Å². The van der Waals surface area contributed by atoms with Gasteiger partial charge in [-0.2, -0.15) is 13.2 Å². The Kier molecular flexibility index (Phi) is 6.45. The molecule has 2 saturated heterocycles. The summed E-state index contributed by atoms with van der Waals surface area (Å²) in [6.07, 6.45) is 0.139. The summed E-state index contributed by atoms with van der Waals surface area (Å²) in [5, 5.41) is 5.83. The molecule has 2 aromatic rings. The van der Waals surface area contributed by atoms with E-state index in [0.29, 0.717) is 31.1 Å². The van der Waals surface area contributed by atoms with Crippen molar-refractivity contribution >= 4 is 23.4 Å². The van der Waals surface area contributed by atoms with E-state index in [1.54, 1.807) is 6.07 Å². The number of hydrogen-bond donors (Lipinski definition) is 2. The molecule has 0 saturated carbocycles. The average Bonchev–Trinajstić information content (AvgIpc) is 3.46. The third kappa shape index (κ3) is 5.36. The number of amides is 1. The summed E-state index contributed by atoms with van der Waals surface area (Å²) in [6, 6.07) is 4.22. The smallest absolute Gasteiger partial charge is 0.416 e. The molecule has 11 nitrogen and oxygen atoms in total. The molecule has 2 N–H and O–H groups in total. The van der Waals surface area contributed by atoms with Crippen LogP contribution in [0.3, 0.4) is 0 Å². The van der Waals surface area contributed by atoms with Crippen LogP contribution in [0.4, 0.5) is 19.0 Å². The Morgan fingerprint density at radius 3 is 2.83 bits per heavy atom. The highest BCUT2D eigenvalue weighted by Crippen LogP contribution is 2.33. The number of benzene rings is 1. The van der Waals surface area contributed by atoms with Gasteiger partial charge in [0.05, 0.1) is 42.5 Å². The summed E-state index contributed by atoms with van der Waals surface area (Å²) < 4.78 is 56.3. The monoisotopic (exact) mass is 557 g/mol. The minimum atomic E-state index is -4.46. The van der Waals surface area contributed by atoms with Gasteiger partial charge in [0.1, 0.15) is 24.6 Å². The van der Waals surface area contributed by atoms with Crippen LogP contribution in [0.5, 0.6) is 5.88 Å². The molecule has 1 aromatic heterocycles. The number of nitrogens with one attached hydrogen (secondary N) is 2. The third-order valence-corrected chi connectivity index (χ3v) is 6.83. The fourth-order valence-corrected chi connectivity index (χ4v) is 4.99. The van der Waals surface area contributed by atoms with Crippen molar-refractivity contribution in [3.8, 4) is 5.88 Å². The zero-order chi connectivity index (χ0) is 28.1. The number of anilines is 1. The molecular weight excluding hydrogens is 531 g/mol. The van der Waals surface area contributed by atoms with E-state index in [0.717, 1.165) is 12.1 Å². The number of aromatic nitrogens is 2. The molecule has 3 atom stereocenters. The molecule has 40 heavy (non-hydrogen) atoms. The normalized spacial score (nSPS) is 24.9. The second kappa shape index (κ2) is 9.86. The van der Waals surface area contributed by atoms with Gasteiger partial charge in [-0.3, -0.25) is 9.79 Å². The summed E-state index contributed by atoms with van der Waals surface area (Å²) in [5.41, 5.74) is 0.120. The first-order valence-electron chi connectivity index (χ1n) is 12.7. The van der Waals surface area contributed by atoms with Crippen LogP contribution in [0.25, 0.3) is 0 Å². The minimum absolute atomic E-state index is 0.162. The van der Waals surface area contributed by atoms with Crippen molar-refractivity contribution in [2.45, 2.75) is 50.4 Å². The van der Waals surface area contributed by atoms with Gasteiger partial charge in [-0.1, -0.05) is 12.1 Å². The van der Waals surface area contributed by atoms with Crippen LogP contribution >= 0.6 is 0 Å². The number of hydrogen-bond acceptors (Lipinski definition) is 10. The molecular formula is C26H26F3N7O4. The fraction of sp³-hybridized carbons (Fsp3) is 0.423. The van der Waals surface area contributed by atoms with Gasteiger partial charge in [0.25, 0.3) is 0 Å². The van der Waals surface area contributed by atoms with E-state index in [4.69, 9.17) is 14.2 Å². The van der Waals surface area contributed by atoms with E-state index < -0.39 is 23.6 Å². The molecule has 210 valence electrons. The highest BCUT2D eigenvalue weighted by atomic mass is 19.4. The van der Waals surface area contributed by atoms with Gasteiger partial charge in [0.15, 0.2) is 17.4 Å². The molecule has 1 amide bonds. The molecule has 0 radical (unpaired) electrons. The third-order valence-electron chi connectivity index (χ3n) is 6.83. The first kappa shape index (κ1) is 26.2. The largest absolute Gasteiger partial charge is 0.474 e. The van der Waals surface area contributed by atoms with E-state index in [9.17, 15) is 18.0 Å². The van der Waals surface area contributed by atoms with Crippen LogP contribution in [0.2, 0.25) is 0 Å². The lowest BCUT2D eigenvalue weighted by molar-refractivity contribution is -0.141. The Labute approximate surface area is 227 Å². The van der Waals surface area contributed by atoms with Crippen molar-refractivity contribution in [1.29, 1.82) is 0 Å². The predicted molar refractivity (Wildman–Crippen MR) is 137 cm³/mol. The number of carbonyl (C=O) groups excluding carboxylic acids is 1. The maximum atomic E-state index is 13.2. The van der Waals surface area contributed by atoms with Gasteiger partial charge in [0, 0.05) is 18.5 Å². The van der Waals surface area contributed by atoms with Gasteiger partial charge >= 0.3 is 6.18 Å². The molecule has 4 aliphatic rings. The van der Waals surface area contributed by atoms with E-state index in [2.05, 4.69) is 30.6 Å². The molecule has 14 heteroatoms. The molecule has 2 bridgehead atoms. The summed E-state index contributed by atoms with van der Waals surface area (Å²) in [5.74, 6) is 0.353. The van der Waals surface area contributed by atoms with E-state index in [-0.39, 0.29) is 47.8 Å². The van der Waals surface area contributed by atoms with Crippen molar-refractivity contribution in [3.05, 3.63) is 59.7 Å². The number of aliphatic imine (C=N–C) groups is 2. The molecule has 1 unspecified atom stereocenters. The topological polar surface area (TPSA) is 123 Å². The number of halogens is 3. The van der Waals surface area contributed by atoms with Crippen molar-refractivity contribution in [1.82, 2.24) is 20.2 Å². The van der Waals surface area contributed by atoms with Gasteiger partial charge in [-0.15, -0.1) is 0 Å². The number of alkyl halides is 3. The summed E-state index contributed by atoms with van der Waals surface area (Å²) in [6.45, 7) is 4.86. The minimum Gasteiger partial charge on any atom is -0.474 e. The lowest BCUT2D eigenvalue weighted by Crippen LogP contribution is -2.47. The van der Waals surface area contributed by atoms with Crippen LogP contribution in [0.1, 0.15) is 31.4 Å². The number of rotatable bonds is 6. The molecule has 1 aromatic carbocycles. The van der Waals surface area contributed by atoms with E-state index in [1.807, 2.05) is 18.7 Å². The zero-order valence-corrected chi connectivity index (χ0v) is 21.6. The Balaban J connectivity index is 1.10. The SMILES string of the molecule is CC1(C)OC[C@H](COc2cnc(NC(=O)C3C[C@H]4CN3C3=CN=C(c5cccc(C(F)(F)F)c5)NC3=N4)cn2)O1. The van der Waals surface area contributed by atoms with Crippen molar-refractivity contribution in [2.75, 3.05) is 25.1 Å². The predicted octanol–water partition coefficient (Wildman–Crippen LogP) is 2.71. The molecule has 0 spiro atoms. The Hall–Kier alpha value is -4.04. The summed E-state index contributed by atoms with van der Waals surface area (Å²) >= 11 is 0. The maximum Gasteiger partial charge on any atom is 0.416 e. The van der Waals surface area contributed by atoms with Crippen LogP contribution in [-0.4, -0.2) is 76.2 Å².